The zero-order valence-corrected chi connectivity index (χ0v) is 35.2. The normalized spacial score (nSPS) is 17.8. The Hall–Kier alpha value is -4.71. The molecular formula is C29H32N6O20S6. The summed E-state index contributed by atoms with van der Waals surface area (Å²) in [6.07, 6.45) is 1.44. The number of hydrogen-bond donors (Lipinski definition) is 7. The molecule has 2 atom stereocenters. The van der Waals surface area contributed by atoms with E-state index in [0.29, 0.717) is 12.1 Å². The molecule has 1 amide bonds. The van der Waals surface area contributed by atoms with E-state index in [4.69, 9.17) is 14.8 Å². The first-order valence-corrected chi connectivity index (χ1v) is 25.4. The van der Waals surface area contributed by atoms with Gasteiger partial charge in [0.2, 0.25) is 0 Å². The van der Waals surface area contributed by atoms with Crippen molar-refractivity contribution >= 4 is 95.8 Å². The second-order valence-electron chi connectivity index (χ2n) is 12.4. The van der Waals surface area contributed by atoms with E-state index in [0.717, 1.165) is 36.4 Å². The van der Waals surface area contributed by atoms with Gasteiger partial charge in [0.05, 0.1) is 46.7 Å². The summed E-state index contributed by atoms with van der Waals surface area (Å²) in [6, 6.07) is 9.70. The van der Waals surface area contributed by atoms with Gasteiger partial charge >= 0.3 is 20.8 Å². The molecule has 4 rings (SSSR count). The second-order valence-corrected chi connectivity index (χ2v) is 21.9. The van der Waals surface area contributed by atoms with Crippen LogP contribution in [0.1, 0.15) is 10.4 Å². The minimum Gasteiger partial charge on any atom is -0.505 e. The van der Waals surface area contributed by atoms with Crippen LogP contribution >= 0.6 is 0 Å². The van der Waals surface area contributed by atoms with Gasteiger partial charge in [-0.3, -0.25) is 23.0 Å². The highest BCUT2D eigenvalue weighted by Crippen LogP contribution is 2.34. The Kier molecular flexibility index (Phi) is 14.7. The Morgan fingerprint density at radius 2 is 1.36 bits per heavy atom. The van der Waals surface area contributed by atoms with Gasteiger partial charge in [0.1, 0.15) is 15.8 Å². The quantitative estimate of drug-likeness (QED) is 0.0552. The van der Waals surface area contributed by atoms with Crippen molar-refractivity contribution < 1.29 is 87.0 Å². The summed E-state index contributed by atoms with van der Waals surface area (Å²) < 4.78 is 187. The molecule has 0 radical (unpaired) electrons. The topological polar surface area (TPSA) is 429 Å². The summed E-state index contributed by atoms with van der Waals surface area (Å²) in [6.45, 7) is -2.24. The molecule has 0 bridgehead atoms. The first-order chi connectivity index (χ1) is 27.9. The summed E-state index contributed by atoms with van der Waals surface area (Å²) in [5.74, 6) is -4.24. The van der Waals surface area contributed by atoms with Crippen molar-refractivity contribution in [3.05, 3.63) is 70.6 Å². The van der Waals surface area contributed by atoms with E-state index in [1.54, 1.807) is 0 Å². The third-order valence-electron chi connectivity index (χ3n) is 7.89. The van der Waals surface area contributed by atoms with Crippen molar-refractivity contribution in [3.63, 3.8) is 0 Å². The molecule has 32 heteroatoms. The standard InChI is InChI=1S/C29H32N6O20S6/c30-29(35-33-20-4-6-22(7-5-20)57(40,41)13-10-55-61(51,52)53)17-23-19(16-25(29)59(45,46)47)15-24(58(42,43)44)26(27(23)36)34-32-21-3-1-2-18(14-21)28(37)31-8-11-56(38,39)12-9-54-60(48,49)50/h1-7,14-17,25,36H,8-13,30H2,(H,31,37)(H,42,43,44)(H,45,46,47)(H,48,49,50)(H,51,52,53). The molecule has 0 fully saturated rings. The average Bonchev–Trinajstić information content (AvgIpc) is 3.11. The average molecular weight is 977 g/mol. The third kappa shape index (κ3) is 13.9. The number of sulfone groups is 2. The number of carbonyl (C=O) groups is 1. The van der Waals surface area contributed by atoms with Gasteiger partial charge in [-0.1, -0.05) is 12.1 Å². The van der Waals surface area contributed by atoms with Crippen LogP contribution in [0.3, 0.4) is 0 Å². The summed E-state index contributed by atoms with van der Waals surface area (Å²) in [5.41, 5.74) is 2.29. The number of fused-ring (bicyclic) bond motifs is 1. The highest BCUT2D eigenvalue weighted by molar-refractivity contribution is 7.91. The fraction of sp³-hybridized carbons (Fsp3) is 0.276. The molecule has 26 nitrogen and oxygen atoms in total. The van der Waals surface area contributed by atoms with Crippen molar-refractivity contribution in [3.8, 4) is 5.75 Å². The van der Waals surface area contributed by atoms with E-state index in [9.17, 15) is 69.5 Å². The zero-order valence-electron chi connectivity index (χ0n) is 30.3. The fourth-order valence-corrected chi connectivity index (χ4v) is 9.52. The molecule has 0 saturated heterocycles. The molecule has 1 aliphatic carbocycles. The number of hydrogen-bond acceptors (Lipinski definition) is 21. The van der Waals surface area contributed by atoms with Gasteiger partial charge in [-0.05, 0) is 59.8 Å². The van der Waals surface area contributed by atoms with Gasteiger partial charge in [-0.2, -0.15) is 49.0 Å². The lowest BCUT2D eigenvalue weighted by Crippen LogP contribution is -2.55. The fourth-order valence-electron chi connectivity index (χ4n) is 5.11. The van der Waals surface area contributed by atoms with Crippen LogP contribution in [-0.4, -0.2) is 128 Å². The van der Waals surface area contributed by atoms with E-state index in [2.05, 4.69) is 34.1 Å². The van der Waals surface area contributed by atoms with Crippen molar-refractivity contribution in [2.45, 2.75) is 20.7 Å². The van der Waals surface area contributed by atoms with E-state index in [1.807, 2.05) is 0 Å². The number of carbonyl (C=O) groups excluding carboxylic acids is 1. The summed E-state index contributed by atoms with van der Waals surface area (Å²) >= 11 is 0. The minimum absolute atomic E-state index is 0.132. The monoisotopic (exact) mass is 976 g/mol. The van der Waals surface area contributed by atoms with Crippen molar-refractivity contribution in [2.75, 3.05) is 37.0 Å². The van der Waals surface area contributed by atoms with Crippen LogP contribution in [0.2, 0.25) is 0 Å². The van der Waals surface area contributed by atoms with Crippen molar-refractivity contribution in [2.24, 2.45) is 26.2 Å². The van der Waals surface area contributed by atoms with Crippen LogP contribution in [0.15, 0.2) is 84.8 Å². The number of phenolic OH excluding ortho intramolecular Hbond substituents is 1. The molecule has 8 N–H and O–H groups in total. The van der Waals surface area contributed by atoms with Gasteiger partial charge in [-0.15, -0.1) is 5.11 Å². The number of rotatable bonds is 19. The Labute approximate surface area is 346 Å². The predicted octanol–water partition coefficient (Wildman–Crippen LogP) is -1.12. The Morgan fingerprint density at radius 1 is 0.754 bits per heavy atom. The molecule has 1 aliphatic rings. The van der Waals surface area contributed by atoms with Gasteiger partial charge in [-0.25, -0.2) is 25.2 Å². The first kappa shape index (κ1) is 49.0. The largest absolute Gasteiger partial charge is 0.505 e. The van der Waals surface area contributed by atoms with Crippen molar-refractivity contribution in [1.82, 2.24) is 5.32 Å². The van der Waals surface area contributed by atoms with Crippen LogP contribution in [-0.2, 0) is 69.1 Å². The van der Waals surface area contributed by atoms with Crippen LogP contribution in [0.4, 0.5) is 17.1 Å². The highest BCUT2D eigenvalue weighted by atomic mass is 32.3. The summed E-state index contributed by atoms with van der Waals surface area (Å²) in [5, 5.41) is 25.6. The van der Waals surface area contributed by atoms with Crippen molar-refractivity contribution in [1.29, 1.82) is 0 Å². The highest BCUT2D eigenvalue weighted by Gasteiger charge is 2.43. The van der Waals surface area contributed by atoms with Gasteiger partial charge in [0.25, 0.3) is 26.1 Å². The molecule has 334 valence electrons. The molecular weight excluding hydrogens is 945 g/mol. The number of azo groups is 2. The maximum atomic E-state index is 12.7. The molecule has 3 aromatic carbocycles. The number of nitrogens with two attached hydrogens (primary N) is 1. The SMILES string of the molecule is NC1(N=Nc2ccc(S(=O)(=O)CCOS(=O)(=O)O)cc2)C=c2c(O)c(N=Nc3cccc(C(=O)NCCS(=O)(=O)CCOS(=O)(=O)O)c3)c(S(=O)(=O)O)cc2=CC1S(=O)(=O)O. The van der Waals surface area contributed by atoms with Crippen LogP contribution in [0, 0.1) is 0 Å². The third-order valence-corrected chi connectivity index (χ3v) is 14.2. The van der Waals surface area contributed by atoms with E-state index in [1.165, 1.54) is 18.2 Å². The minimum atomic E-state index is -5.29. The Bertz CT molecular complexity index is 3090. The maximum Gasteiger partial charge on any atom is 0.397 e. The smallest absolute Gasteiger partial charge is 0.397 e. The van der Waals surface area contributed by atoms with E-state index in [-0.39, 0.29) is 21.8 Å². The maximum absolute atomic E-state index is 12.7. The molecule has 0 heterocycles. The van der Waals surface area contributed by atoms with Gasteiger partial charge < -0.3 is 16.2 Å². The van der Waals surface area contributed by atoms with Crippen LogP contribution < -0.4 is 21.5 Å². The molecule has 0 aromatic heterocycles. The lowest BCUT2D eigenvalue weighted by molar-refractivity contribution is 0.0956. The predicted molar refractivity (Wildman–Crippen MR) is 208 cm³/mol. The second kappa shape index (κ2) is 18.3. The van der Waals surface area contributed by atoms with Crippen LogP contribution in [0.25, 0.3) is 12.2 Å². The summed E-state index contributed by atoms with van der Waals surface area (Å²) in [7, 11) is -28.4. The number of phenols is 1. The lowest BCUT2D eigenvalue weighted by atomic mass is 9.97. The first-order valence-electron chi connectivity index (χ1n) is 16.2. The van der Waals surface area contributed by atoms with Gasteiger partial charge in [0, 0.05) is 17.3 Å². The molecule has 0 aliphatic heterocycles. The van der Waals surface area contributed by atoms with E-state index < -0.39 is 141 Å². The molecule has 0 spiro atoms. The lowest BCUT2D eigenvalue weighted by Gasteiger charge is -2.28. The molecule has 0 saturated carbocycles. The number of benzene rings is 3. The number of aromatic hydroxyl groups is 1. The summed E-state index contributed by atoms with van der Waals surface area (Å²) in [4.78, 5) is 11.2. The van der Waals surface area contributed by atoms with E-state index >= 15 is 0 Å². The van der Waals surface area contributed by atoms with Crippen LogP contribution in [0.5, 0.6) is 5.75 Å². The Morgan fingerprint density at radius 3 is 1.93 bits per heavy atom. The molecule has 3 aromatic rings. The molecule has 2 unspecified atom stereocenters. The Balaban J connectivity index is 1.66. The molecule has 61 heavy (non-hydrogen) atoms. The number of nitrogens with one attached hydrogen (secondary N) is 1. The number of amides is 1. The zero-order chi connectivity index (χ0) is 45.8. The van der Waals surface area contributed by atoms with Gasteiger partial charge in [0.15, 0.2) is 31.1 Å². The number of nitrogens with zero attached hydrogens (tertiary/aromatic N) is 4.